The second-order valence-corrected chi connectivity index (χ2v) is 5.90. The third-order valence-corrected chi connectivity index (χ3v) is 4.68. The fraction of sp³-hybridized carbons (Fsp3) is 0.625. The molecule has 100 valence electrons. The topological polar surface area (TPSA) is 35.2 Å². The molecule has 18 heavy (non-hydrogen) atoms. The lowest BCUT2D eigenvalue weighted by molar-refractivity contribution is 0.0575. The van der Waals surface area contributed by atoms with E-state index in [1.54, 1.807) is 0 Å². The maximum absolute atomic E-state index is 6.33. The van der Waals surface area contributed by atoms with Gasteiger partial charge in [-0.3, -0.25) is 0 Å². The highest BCUT2D eigenvalue weighted by atomic mass is 16.5. The fourth-order valence-corrected chi connectivity index (χ4v) is 2.96. The van der Waals surface area contributed by atoms with Crippen molar-refractivity contribution in [2.45, 2.75) is 59.5 Å². The van der Waals surface area contributed by atoms with Gasteiger partial charge in [-0.25, -0.2) is 0 Å². The zero-order valence-corrected chi connectivity index (χ0v) is 12.3. The van der Waals surface area contributed by atoms with E-state index in [-0.39, 0.29) is 5.60 Å². The third-order valence-electron chi connectivity index (χ3n) is 4.68. The van der Waals surface area contributed by atoms with E-state index in [2.05, 4.69) is 34.6 Å². The first-order valence-electron chi connectivity index (χ1n) is 6.88. The summed E-state index contributed by atoms with van der Waals surface area (Å²) >= 11 is 0. The minimum atomic E-state index is -0.0827. The lowest BCUT2D eigenvalue weighted by atomic mass is 9.84. The summed E-state index contributed by atoms with van der Waals surface area (Å²) < 4.78 is 6.33. The van der Waals surface area contributed by atoms with Gasteiger partial charge in [0.2, 0.25) is 0 Å². The van der Waals surface area contributed by atoms with E-state index in [0.29, 0.717) is 6.54 Å². The van der Waals surface area contributed by atoms with Crippen LogP contribution >= 0.6 is 0 Å². The highest BCUT2D eigenvalue weighted by molar-refractivity contribution is 5.55. The minimum Gasteiger partial charge on any atom is -0.487 e. The van der Waals surface area contributed by atoms with E-state index in [1.165, 1.54) is 27.8 Å². The Morgan fingerprint density at radius 3 is 2.28 bits per heavy atom. The van der Waals surface area contributed by atoms with E-state index in [1.807, 2.05) is 0 Å². The molecule has 0 saturated carbocycles. The van der Waals surface area contributed by atoms with Gasteiger partial charge in [0.15, 0.2) is 0 Å². The third kappa shape index (κ3) is 2.03. The highest BCUT2D eigenvalue weighted by Crippen LogP contribution is 2.41. The van der Waals surface area contributed by atoms with Crippen LogP contribution in [0, 0.1) is 27.7 Å². The Labute approximate surface area is 111 Å². The van der Waals surface area contributed by atoms with Crippen LogP contribution in [0.1, 0.15) is 47.6 Å². The van der Waals surface area contributed by atoms with Gasteiger partial charge in [0.05, 0.1) is 0 Å². The van der Waals surface area contributed by atoms with E-state index < -0.39 is 0 Å². The molecule has 2 nitrogen and oxygen atoms in total. The van der Waals surface area contributed by atoms with Crippen molar-refractivity contribution in [2.24, 2.45) is 5.73 Å². The average molecular weight is 247 g/mol. The van der Waals surface area contributed by atoms with Crippen LogP contribution in [0.4, 0.5) is 0 Å². The molecule has 1 aliphatic heterocycles. The monoisotopic (exact) mass is 247 g/mol. The normalized spacial score (nSPS) is 22.6. The van der Waals surface area contributed by atoms with Crippen LogP contribution in [0.5, 0.6) is 5.75 Å². The summed E-state index contributed by atoms with van der Waals surface area (Å²) in [6, 6.07) is 0. The van der Waals surface area contributed by atoms with Crippen LogP contribution < -0.4 is 10.5 Å². The molecular weight excluding hydrogens is 222 g/mol. The van der Waals surface area contributed by atoms with E-state index in [9.17, 15) is 0 Å². The van der Waals surface area contributed by atoms with Crippen LogP contribution in [0.3, 0.4) is 0 Å². The summed E-state index contributed by atoms with van der Waals surface area (Å²) in [6.45, 7) is 11.7. The van der Waals surface area contributed by atoms with Crippen molar-refractivity contribution in [3.8, 4) is 5.75 Å². The molecule has 0 fully saturated rings. The molecule has 1 aromatic rings. The Morgan fingerprint density at radius 1 is 1.06 bits per heavy atom. The molecule has 0 aromatic heterocycles. The molecule has 0 radical (unpaired) electrons. The smallest absolute Gasteiger partial charge is 0.126 e. The van der Waals surface area contributed by atoms with Crippen LogP contribution in [-0.4, -0.2) is 12.1 Å². The Bertz CT molecular complexity index is 479. The number of nitrogens with two attached hydrogens (primary N) is 1. The fourth-order valence-electron chi connectivity index (χ4n) is 2.96. The quantitative estimate of drug-likeness (QED) is 0.869. The van der Waals surface area contributed by atoms with Crippen LogP contribution in [0.15, 0.2) is 0 Å². The first-order valence-corrected chi connectivity index (χ1v) is 6.88. The van der Waals surface area contributed by atoms with Crippen molar-refractivity contribution in [3.05, 3.63) is 27.8 Å². The lowest BCUT2D eigenvalue weighted by Gasteiger charge is -2.38. The standard InChI is InChI=1S/C16H25NO/c1-10-11(2)13(4)15-14(12(10)3)6-7-16(5,18-15)8-9-17/h6-9,17H2,1-5H3. The number of rotatable bonds is 2. The molecule has 2 N–H and O–H groups in total. The van der Waals surface area contributed by atoms with E-state index in [0.717, 1.165) is 25.0 Å². The van der Waals surface area contributed by atoms with Gasteiger partial charge in [0, 0.05) is 0 Å². The Kier molecular flexibility index (Phi) is 3.41. The molecule has 0 spiro atoms. The van der Waals surface area contributed by atoms with Gasteiger partial charge in [-0.2, -0.15) is 0 Å². The van der Waals surface area contributed by atoms with Crippen molar-refractivity contribution < 1.29 is 4.74 Å². The summed E-state index contributed by atoms with van der Waals surface area (Å²) in [7, 11) is 0. The molecule has 1 unspecified atom stereocenters. The van der Waals surface area contributed by atoms with Gasteiger partial charge < -0.3 is 10.5 Å². The number of ether oxygens (including phenoxy) is 1. The lowest BCUT2D eigenvalue weighted by Crippen LogP contribution is -2.39. The Hall–Kier alpha value is -1.02. The SMILES string of the molecule is Cc1c(C)c(C)c2c(c1C)CCC(C)(CCN)O2. The Balaban J connectivity index is 2.50. The van der Waals surface area contributed by atoms with Gasteiger partial charge in [-0.05, 0) is 88.2 Å². The molecule has 0 saturated heterocycles. The zero-order valence-electron chi connectivity index (χ0n) is 12.3. The largest absolute Gasteiger partial charge is 0.487 e. The first-order chi connectivity index (χ1) is 8.39. The van der Waals surface area contributed by atoms with Crippen LogP contribution in [0.25, 0.3) is 0 Å². The summed E-state index contributed by atoms with van der Waals surface area (Å²) in [6.07, 6.45) is 3.11. The van der Waals surface area contributed by atoms with Crippen molar-refractivity contribution in [1.29, 1.82) is 0 Å². The van der Waals surface area contributed by atoms with Crippen molar-refractivity contribution >= 4 is 0 Å². The van der Waals surface area contributed by atoms with Crippen LogP contribution in [0.2, 0.25) is 0 Å². The van der Waals surface area contributed by atoms with Gasteiger partial charge in [-0.1, -0.05) is 0 Å². The summed E-state index contributed by atoms with van der Waals surface area (Å²) in [4.78, 5) is 0. The molecule has 1 atom stereocenters. The molecular formula is C16H25NO. The number of hydrogen-bond donors (Lipinski definition) is 1. The maximum atomic E-state index is 6.33. The van der Waals surface area contributed by atoms with Crippen molar-refractivity contribution in [3.63, 3.8) is 0 Å². The van der Waals surface area contributed by atoms with Gasteiger partial charge in [0.1, 0.15) is 11.4 Å². The predicted octanol–water partition coefficient (Wildman–Crippen LogP) is 3.35. The second-order valence-electron chi connectivity index (χ2n) is 5.90. The second kappa shape index (κ2) is 4.58. The predicted molar refractivity (Wildman–Crippen MR) is 76.4 cm³/mol. The number of fused-ring (bicyclic) bond motifs is 1. The van der Waals surface area contributed by atoms with Gasteiger partial charge in [-0.15, -0.1) is 0 Å². The summed E-state index contributed by atoms with van der Waals surface area (Å²) in [5.41, 5.74) is 12.5. The van der Waals surface area contributed by atoms with Gasteiger partial charge >= 0.3 is 0 Å². The average Bonchev–Trinajstić information content (AvgIpc) is 2.34. The maximum Gasteiger partial charge on any atom is 0.126 e. The molecule has 0 bridgehead atoms. The highest BCUT2D eigenvalue weighted by Gasteiger charge is 2.33. The van der Waals surface area contributed by atoms with Crippen molar-refractivity contribution in [2.75, 3.05) is 6.54 Å². The number of benzene rings is 1. The molecule has 2 rings (SSSR count). The first kappa shape index (κ1) is 13.4. The van der Waals surface area contributed by atoms with E-state index >= 15 is 0 Å². The molecule has 0 amide bonds. The summed E-state index contributed by atoms with van der Waals surface area (Å²) in [5.74, 6) is 1.12. The molecule has 0 aliphatic carbocycles. The molecule has 1 aromatic carbocycles. The van der Waals surface area contributed by atoms with Gasteiger partial charge in [0.25, 0.3) is 0 Å². The zero-order chi connectivity index (χ0) is 13.5. The number of hydrogen-bond acceptors (Lipinski definition) is 2. The minimum absolute atomic E-state index is 0.0827. The summed E-state index contributed by atoms with van der Waals surface area (Å²) in [5, 5.41) is 0. The Morgan fingerprint density at radius 2 is 1.67 bits per heavy atom. The molecule has 2 heteroatoms. The molecule has 1 aliphatic rings. The van der Waals surface area contributed by atoms with Crippen molar-refractivity contribution in [1.82, 2.24) is 0 Å². The molecule has 1 heterocycles. The van der Waals surface area contributed by atoms with Crippen LogP contribution in [-0.2, 0) is 6.42 Å². The van der Waals surface area contributed by atoms with E-state index in [4.69, 9.17) is 10.5 Å².